The van der Waals surface area contributed by atoms with Crippen molar-refractivity contribution in [1.82, 2.24) is 5.32 Å². The van der Waals surface area contributed by atoms with Crippen molar-refractivity contribution in [3.05, 3.63) is 47.5 Å². The molecule has 120 valence electrons. The first-order chi connectivity index (χ1) is 11.3. The van der Waals surface area contributed by atoms with Gasteiger partial charge in [0.1, 0.15) is 5.75 Å². The molecule has 23 heavy (non-hydrogen) atoms. The number of fused-ring (bicyclic) bond motifs is 3. The van der Waals surface area contributed by atoms with Crippen molar-refractivity contribution in [2.24, 2.45) is 0 Å². The molecular formula is C20H24N2O. The summed E-state index contributed by atoms with van der Waals surface area (Å²) in [6.07, 6.45) is 2.42. The van der Waals surface area contributed by atoms with Gasteiger partial charge in [0, 0.05) is 24.8 Å². The van der Waals surface area contributed by atoms with Crippen LogP contribution in [0.1, 0.15) is 17.5 Å². The zero-order valence-corrected chi connectivity index (χ0v) is 13.9. The second-order valence-electron chi connectivity index (χ2n) is 6.61. The lowest BCUT2D eigenvalue weighted by Gasteiger charge is -2.24. The third-order valence-corrected chi connectivity index (χ3v) is 5.21. The molecule has 3 heteroatoms. The summed E-state index contributed by atoms with van der Waals surface area (Å²) in [5, 5.41) is 3.51. The minimum Gasteiger partial charge on any atom is -0.497 e. The molecule has 3 nitrogen and oxygen atoms in total. The Balaban J connectivity index is 1.69. The predicted octanol–water partition coefficient (Wildman–Crippen LogP) is 3.40. The topological polar surface area (TPSA) is 24.5 Å². The van der Waals surface area contributed by atoms with Gasteiger partial charge in [-0.25, -0.2) is 0 Å². The highest BCUT2D eigenvalue weighted by molar-refractivity contribution is 5.73. The Labute approximate surface area is 138 Å². The fraction of sp³-hybridized carbons (Fsp3) is 0.400. The Bertz CT molecular complexity index is 726. The molecule has 0 aromatic heterocycles. The summed E-state index contributed by atoms with van der Waals surface area (Å²) in [6, 6.07) is 14.0. The average molecular weight is 308 g/mol. The molecule has 0 spiro atoms. The predicted molar refractivity (Wildman–Crippen MR) is 95.5 cm³/mol. The lowest BCUT2D eigenvalue weighted by atomic mass is 9.97. The normalized spacial score (nSPS) is 19.9. The summed E-state index contributed by atoms with van der Waals surface area (Å²) in [7, 11) is 1.72. The van der Waals surface area contributed by atoms with Crippen LogP contribution in [0.4, 0.5) is 5.69 Å². The Morgan fingerprint density at radius 1 is 1.13 bits per heavy atom. The molecule has 0 radical (unpaired) electrons. The van der Waals surface area contributed by atoms with E-state index in [0.29, 0.717) is 6.04 Å². The molecule has 2 heterocycles. The minimum atomic E-state index is 0.673. The van der Waals surface area contributed by atoms with Crippen LogP contribution in [0.5, 0.6) is 5.75 Å². The first kappa shape index (κ1) is 14.6. The fourth-order valence-corrected chi connectivity index (χ4v) is 4.00. The maximum absolute atomic E-state index is 5.32. The molecule has 2 aromatic carbocycles. The Morgan fingerprint density at radius 2 is 2.04 bits per heavy atom. The molecule has 0 saturated carbocycles. The first-order valence-corrected chi connectivity index (χ1v) is 8.51. The van der Waals surface area contributed by atoms with Crippen molar-refractivity contribution in [2.75, 3.05) is 31.6 Å². The Hall–Kier alpha value is -2.00. The second kappa shape index (κ2) is 5.89. The Morgan fingerprint density at radius 3 is 2.87 bits per heavy atom. The van der Waals surface area contributed by atoms with Crippen molar-refractivity contribution in [3.63, 3.8) is 0 Å². The molecule has 1 unspecified atom stereocenters. The van der Waals surface area contributed by atoms with Gasteiger partial charge in [-0.3, -0.25) is 0 Å². The van der Waals surface area contributed by atoms with Crippen LogP contribution in [0, 0.1) is 6.92 Å². The van der Waals surface area contributed by atoms with Crippen molar-refractivity contribution in [2.45, 2.75) is 25.8 Å². The molecule has 2 aromatic rings. The van der Waals surface area contributed by atoms with Gasteiger partial charge >= 0.3 is 0 Å². The smallest absolute Gasteiger partial charge is 0.119 e. The van der Waals surface area contributed by atoms with Gasteiger partial charge in [-0.05, 0) is 72.8 Å². The van der Waals surface area contributed by atoms with Crippen LogP contribution in [0.2, 0.25) is 0 Å². The second-order valence-corrected chi connectivity index (χ2v) is 6.61. The zero-order valence-electron chi connectivity index (χ0n) is 13.9. The van der Waals surface area contributed by atoms with Gasteiger partial charge < -0.3 is 15.0 Å². The molecular weight excluding hydrogens is 284 g/mol. The highest BCUT2D eigenvalue weighted by atomic mass is 16.5. The molecule has 2 aliphatic rings. The van der Waals surface area contributed by atoms with E-state index < -0.39 is 0 Å². The first-order valence-electron chi connectivity index (χ1n) is 8.51. The standard InChI is InChI=1S/C20H24N2O/c1-14-11-18(23-2)4-5-19(14)15-3-6-20-16(12-15)13-17-7-8-21-9-10-22(17)20/h3-6,11-12,17,21H,7-10,13H2,1-2H3. The molecule has 1 fully saturated rings. The van der Waals surface area contributed by atoms with Crippen molar-refractivity contribution >= 4 is 5.69 Å². The molecule has 0 aliphatic carbocycles. The van der Waals surface area contributed by atoms with Crippen molar-refractivity contribution in [3.8, 4) is 16.9 Å². The zero-order chi connectivity index (χ0) is 15.8. The molecule has 0 amide bonds. The largest absolute Gasteiger partial charge is 0.497 e. The maximum Gasteiger partial charge on any atom is 0.119 e. The summed E-state index contributed by atoms with van der Waals surface area (Å²) in [6.45, 7) is 5.51. The lowest BCUT2D eigenvalue weighted by Crippen LogP contribution is -2.32. The number of hydrogen-bond acceptors (Lipinski definition) is 3. The van der Waals surface area contributed by atoms with E-state index in [1.165, 1.54) is 40.8 Å². The number of nitrogens with one attached hydrogen (secondary N) is 1. The van der Waals surface area contributed by atoms with Crippen LogP contribution in [0.15, 0.2) is 36.4 Å². The van der Waals surface area contributed by atoms with Gasteiger partial charge in [0.05, 0.1) is 7.11 Å². The van der Waals surface area contributed by atoms with Gasteiger partial charge in [-0.1, -0.05) is 12.1 Å². The minimum absolute atomic E-state index is 0.673. The average Bonchev–Trinajstić information content (AvgIpc) is 2.75. The van der Waals surface area contributed by atoms with Crippen molar-refractivity contribution < 1.29 is 4.74 Å². The van der Waals surface area contributed by atoms with Crippen LogP contribution < -0.4 is 15.0 Å². The number of methoxy groups -OCH3 is 1. The van der Waals surface area contributed by atoms with E-state index in [4.69, 9.17) is 4.74 Å². The molecule has 1 N–H and O–H groups in total. The van der Waals surface area contributed by atoms with Crippen LogP contribution in [0.25, 0.3) is 11.1 Å². The summed E-state index contributed by atoms with van der Waals surface area (Å²) < 4.78 is 5.32. The summed E-state index contributed by atoms with van der Waals surface area (Å²) >= 11 is 0. The van der Waals surface area contributed by atoms with Gasteiger partial charge in [-0.2, -0.15) is 0 Å². The summed E-state index contributed by atoms with van der Waals surface area (Å²) in [4.78, 5) is 2.60. The molecule has 0 bridgehead atoms. The van der Waals surface area contributed by atoms with Gasteiger partial charge in [0.2, 0.25) is 0 Å². The van der Waals surface area contributed by atoms with E-state index in [1.54, 1.807) is 7.11 Å². The van der Waals surface area contributed by atoms with Crippen molar-refractivity contribution in [1.29, 1.82) is 0 Å². The molecule has 1 atom stereocenters. The number of hydrogen-bond donors (Lipinski definition) is 1. The number of benzene rings is 2. The number of ether oxygens (including phenoxy) is 1. The molecule has 1 saturated heterocycles. The molecule has 4 rings (SSSR count). The fourth-order valence-electron chi connectivity index (χ4n) is 4.00. The summed E-state index contributed by atoms with van der Waals surface area (Å²) in [5.74, 6) is 0.924. The van der Waals surface area contributed by atoms with Gasteiger partial charge in [0.25, 0.3) is 0 Å². The number of anilines is 1. The highest BCUT2D eigenvalue weighted by Gasteiger charge is 2.30. The number of aryl methyl sites for hydroxylation is 1. The van der Waals surface area contributed by atoms with E-state index in [1.807, 2.05) is 0 Å². The van der Waals surface area contributed by atoms with E-state index in [9.17, 15) is 0 Å². The number of rotatable bonds is 2. The third-order valence-electron chi connectivity index (χ3n) is 5.21. The number of nitrogens with zero attached hydrogens (tertiary/aromatic N) is 1. The van der Waals surface area contributed by atoms with Gasteiger partial charge in [-0.15, -0.1) is 0 Å². The lowest BCUT2D eigenvalue weighted by molar-refractivity contribution is 0.414. The van der Waals surface area contributed by atoms with Crippen LogP contribution in [-0.2, 0) is 6.42 Å². The quantitative estimate of drug-likeness (QED) is 0.920. The van der Waals surface area contributed by atoms with E-state index in [0.717, 1.165) is 25.4 Å². The molecule has 2 aliphatic heterocycles. The highest BCUT2D eigenvalue weighted by Crippen LogP contribution is 2.37. The van der Waals surface area contributed by atoms with Crippen LogP contribution in [0.3, 0.4) is 0 Å². The van der Waals surface area contributed by atoms with Gasteiger partial charge in [0.15, 0.2) is 0 Å². The van der Waals surface area contributed by atoms with E-state index >= 15 is 0 Å². The third kappa shape index (κ3) is 2.59. The monoisotopic (exact) mass is 308 g/mol. The Kier molecular flexibility index (Phi) is 3.74. The van der Waals surface area contributed by atoms with Crippen LogP contribution >= 0.6 is 0 Å². The van der Waals surface area contributed by atoms with Crippen LogP contribution in [-0.4, -0.2) is 32.8 Å². The van der Waals surface area contributed by atoms with E-state index in [-0.39, 0.29) is 0 Å². The van der Waals surface area contributed by atoms with E-state index in [2.05, 4.69) is 53.5 Å². The maximum atomic E-state index is 5.32. The summed E-state index contributed by atoms with van der Waals surface area (Å²) in [5.41, 5.74) is 6.83. The SMILES string of the molecule is COc1ccc(-c2ccc3c(c2)CC2CCNCCN32)c(C)c1.